The van der Waals surface area contributed by atoms with Crippen LogP contribution in [0.1, 0.15) is 45.9 Å². The fraction of sp³-hybridized carbons (Fsp3) is 0.0556. The number of hydrogen-bond acceptors (Lipinski definition) is 3. The molecule has 8 aromatic rings. The van der Waals surface area contributed by atoms with Crippen LogP contribution in [0.5, 0.6) is 0 Å². The van der Waals surface area contributed by atoms with Gasteiger partial charge in [0.15, 0.2) is 5.82 Å². The quantitative estimate of drug-likeness (QED) is 0.153. The Balaban J connectivity index is 1.11. The summed E-state index contributed by atoms with van der Waals surface area (Å²) in [6, 6.07) is 66.3. The predicted molar refractivity (Wildman–Crippen MR) is 236 cm³/mol. The number of rotatable bonds is 7. The third-order valence-corrected chi connectivity index (χ3v) is 11.7. The summed E-state index contributed by atoms with van der Waals surface area (Å²) in [5, 5.41) is 0. The molecule has 1 aromatic heterocycles. The van der Waals surface area contributed by atoms with Crippen molar-refractivity contribution in [2.24, 2.45) is 4.99 Å². The van der Waals surface area contributed by atoms with E-state index in [1.54, 1.807) is 0 Å². The van der Waals surface area contributed by atoms with Gasteiger partial charge in [-0.1, -0.05) is 195 Å². The summed E-state index contributed by atoms with van der Waals surface area (Å²) in [4.78, 5) is 15.9. The van der Waals surface area contributed by atoms with Gasteiger partial charge in [0.2, 0.25) is 0 Å². The summed E-state index contributed by atoms with van der Waals surface area (Å²) >= 11 is 0. The summed E-state index contributed by atoms with van der Waals surface area (Å²) < 4.78 is 0. The van der Waals surface area contributed by atoms with Crippen molar-refractivity contribution in [3.8, 4) is 45.0 Å². The molecule has 0 amide bonds. The lowest BCUT2D eigenvalue weighted by Gasteiger charge is -2.33. The monoisotopic (exact) mass is 729 g/mol. The van der Waals surface area contributed by atoms with Crippen LogP contribution < -0.4 is 0 Å². The SMILES string of the molecule is C=C(N=C(C1=C(C)c2ccccc2C12c1ccccc1-c1ccccc12)c1ccccc1)c1ccc(-c2nc(-c3ccccc3)c(C)c(-c3ccccc3)n2)cc1. The summed E-state index contributed by atoms with van der Waals surface area (Å²) in [7, 11) is 0. The van der Waals surface area contributed by atoms with Gasteiger partial charge in [0.25, 0.3) is 0 Å². The van der Waals surface area contributed by atoms with Gasteiger partial charge in [0.1, 0.15) is 0 Å². The highest BCUT2D eigenvalue weighted by Crippen LogP contribution is 2.62. The Labute approximate surface area is 334 Å². The van der Waals surface area contributed by atoms with Crippen molar-refractivity contribution < 1.29 is 0 Å². The molecule has 3 nitrogen and oxygen atoms in total. The molecule has 0 N–H and O–H groups in total. The summed E-state index contributed by atoms with van der Waals surface area (Å²) in [5.74, 6) is 0.675. The standard InChI is InChI=1S/C54H39N3/c1-35-43-25-13-16-28-46(43)54(47-29-17-14-26-44(47)45-27-15-18-30-48(45)54)49(35)52(41-23-11-6-12-24-41)55-37(3)38-31-33-42(34-32-38)53-56-50(39-19-7-4-8-20-39)36(2)51(57-53)40-21-9-5-10-22-40/h4-34H,3H2,1-2H3. The zero-order valence-corrected chi connectivity index (χ0v) is 31.9. The first-order valence-electron chi connectivity index (χ1n) is 19.5. The highest BCUT2D eigenvalue weighted by Gasteiger charge is 2.53. The molecule has 2 aliphatic carbocycles. The molecule has 0 saturated carbocycles. The Hall–Kier alpha value is -7.23. The molecule has 10 rings (SSSR count). The summed E-state index contributed by atoms with van der Waals surface area (Å²) in [6.45, 7) is 8.99. The predicted octanol–water partition coefficient (Wildman–Crippen LogP) is 13.0. The van der Waals surface area contributed by atoms with Crippen molar-refractivity contribution in [2.75, 3.05) is 0 Å². The number of benzene rings is 7. The Morgan fingerprint density at radius 2 is 0.895 bits per heavy atom. The van der Waals surface area contributed by atoms with Gasteiger partial charge in [0, 0.05) is 33.4 Å². The van der Waals surface area contributed by atoms with Crippen LogP contribution in [0.4, 0.5) is 0 Å². The molecule has 0 unspecified atom stereocenters. The van der Waals surface area contributed by atoms with Crippen molar-refractivity contribution in [3.05, 3.63) is 239 Å². The lowest BCUT2D eigenvalue weighted by Crippen LogP contribution is -2.31. The molecule has 57 heavy (non-hydrogen) atoms. The van der Waals surface area contributed by atoms with E-state index < -0.39 is 5.41 Å². The van der Waals surface area contributed by atoms with Gasteiger partial charge in [-0.25, -0.2) is 15.0 Å². The van der Waals surface area contributed by atoms with E-state index in [2.05, 4.69) is 196 Å². The lowest BCUT2D eigenvalue weighted by molar-refractivity contribution is 0.796. The second kappa shape index (κ2) is 13.8. The molecule has 3 heteroatoms. The highest BCUT2D eigenvalue weighted by atomic mass is 14.9. The highest BCUT2D eigenvalue weighted by molar-refractivity contribution is 6.23. The van der Waals surface area contributed by atoms with Gasteiger partial charge in [-0.2, -0.15) is 0 Å². The number of fused-ring (bicyclic) bond motifs is 7. The minimum Gasteiger partial charge on any atom is -0.248 e. The first kappa shape index (κ1) is 34.3. The molecular formula is C54H39N3. The Kier molecular flexibility index (Phi) is 8.30. The molecule has 0 fully saturated rings. The van der Waals surface area contributed by atoms with Crippen LogP contribution in [0, 0.1) is 6.92 Å². The van der Waals surface area contributed by atoms with Crippen LogP contribution in [-0.2, 0) is 5.41 Å². The van der Waals surface area contributed by atoms with E-state index in [4.69, 9.17) is 15.0 Å². The van der Waals surface area contributed by atoms with Crippen molar-refractivity contribution in [2.45, 2.75) is 19.3 Å². The average molecular weight is 730 g/mol. The Morgan fingerprint density at radius 1 is 0.456 bits per heavy atom. The topological polar surface area (TPSA) is 38.1 Å². The van der Waals surface area contributed by atoms with Crippen molar-refractivity contribution in [3.63, 3.8) is 0 Å². The van der Waals surface area contributed by atoms with Crippen LogP contribution in [-0.4, -0.2) is 15.7 Å². The molecule has 7 aromatic carbocycles. The first-order valence-corrected chi connectivity index (χ1v) is 19.5. The number of aromatic nitrogens is 2. The zero-order valence-electron chi connectivity index (χ0n) is 31.9. The number of hydrogen-bond donors (Lipinski definition) is 0. The summed E-state index contributed by atoms with van der Waals surface area (Å²) in [5.41, 5.74) is 19.1. The smallest absolute Gasteiger partial charge is 0.160 e. The maximum atomic E-state index is 5.55. The number of aliphatic imine (C=N–C) groups is 1. The fourth-order valence-electron chi connectivity index (χ4n) is 9.11. The van der Waals surface area contributed by atoms with E-state index >= 15 is 0 Å². The van der Waals surface area contributed by atoms with Gasteiger partial charge in [0.05, 0.1) is 28.2 Å². The van der Waals surface area contributed by atoms with Crippen molar-refractivity contribution in [1.82, 2.24) is 9.97 Å². The minimum atomic E-state index is -0.539. The molecule has 1 heterocycles. The van der Waals surface area contributed by atoms with Gasteiger partial charge >= 0.3 is 0 Å². The maximum Gasteiger partial charge on any atom is 0.160 e. The van der Waals surface area contributed by atoms with Crippen molar-refractivity contribution >= 4 is 17.0 Å². The van der Waals surface area contributed by atoms with Crippen LogP contribution in [0.3, 0.4) is 0 Å². The fourth-order valence-corrected chi connectivity index (χ4v) is 9.11. The van der Waals surface area contributed by atoms with E-state index in [0.717, 1.165) is 50.5 Å². The normalized spacial score (nSPS) is 13.7. The lowest BCUT2D eigenvalue weighted by atomic mass is 9.67. The van der Waals surface area contributed by atoms with Gasteiger partial charge in [-0.15, -0.1) is 0 Å². The molecule has 0 radical (unpaired) electrons. The molecule has 1 spiro atoms. The van der Waals surface area contributed by atoms with Gasteiger partial charge in [-0.3, -0.25) is 0 Å². The Morgan fingerprint density at radius 3 is 1.42 bits per heavy atom. The van der Waals surface area contributed by atoms with E-state index in [9.17, 15) is 0 Å². The molecule has 270 valence electrons. The third kappa shape index (κ3) is 5.46. The van der Waals surface area contributed by atoms with Gasteiger partial charge in [-0.05, 0) is 58.4 Å². The Bertz CT molecular complexity index is 2800. The second-order valence-electron chi connectivity index (χ2n) is 14.8. The average Bonchev–Trinajstić information content (AvgIpc) is 3.72. The number of allylic oxidation sites excluding steroid dienone is 2. The van der Waals surface area contributed by atoms with Crippen LogP contribution in [0.15, 0.2) is 205 Å². The first-order chi connectivity index (χ1) is 28.0. The molecule has 0 bridgehead atoms. The maximum absolute atomic E-state index is 5.55. The van der Waals surface area contributed by atoms with Crippen LogP contribution >= 0.6 is 0 Å². The van der Waals surface area contributed by atoms with E-state index in [-0.39, 0.29) is 0 Å². The minimum absolute atomic E-state index is 0.539. The summed E-state index contributed by atoms with van der Waals surface area (Å²) in [6.07, 6.45) is 0. The van der Waals surface area contributed by atoms with Crippen LogP contribution in [0.25, 0.3) is 56.3 Å². The number of nitrogens with zero attached hydrogens (tertiary/aromatic N) is 3. The molecule has 0 saturated heterocycles. The molecule has 0 atom stereocenters. The third-order valence-electron chi connectivity index (χ3n) is 11.7. The van der Waals surface area contributed by atoms with E-state index in [1.165, 1.54) is 44.5 Å². The molecule has 2 aliphatic rings. The largest absolute Gasteiger partial charge is 0.248 e. The molecule has 0 aliphatic heterocycles. The van der Waals surface area contributed by atoms with Crippen molar-refractivity contribution in [1.29, 1.82) is 0 Å². The van der Waals surface area contributed by atoms with Gasteiger partial charge < -0.3 is 0 Å². The van der Waals surface area contributed by atoms with Crippen LogP contribution in [0.2, 0.25) is 0 Å². The van der Waals surface area contributed by atoms with E-state index in [1.807, 2.05) is 12.1 Å². The second-order valence-corrected chi connectivity index (χ2v) is 14.8. The van der Waals surface area contributed by atoms with E-state index in [0.29, 0.717) is 11.5 Å². The molecular weight excluding hydrogens is 691 g/mol. The zero-order chi connectivity index (χ0) is 38.5.